The van der Waals surface area contributed by atoms with Crippen LogP contribution in [0.1, 0.15) is 226 Å². The fraction of sp³-hybridized carbons (Fsp3) is 0.535. The Labute approximate surface area is 472 Å². The maximum absolute atomic E-state index is 12.8. The zero-order chi connectivity index (χ0) is 55.7. The van der Waals surface area contributed by atoms with Gasteiger partial charge in [-0.25, -0.2) is 0 Å². The molecule has 0 rings (SSSR count). The molecule has 0 aliphatic carbocycles. The first-order valence-corrected chi connectivity index (χ1v) is 30.3. The molecular formula is C71H108O6. The summed E-state index contributed by atoms with van der Waals surface area (Å²) in [5, 5.41) is 0. The van der Waals surface area contributed by atoms with Gasteiger partial charge >= 0.3 is 17.9 Å². The Morgan fingerprint density at radius 2 is 0.532 bits per heavy atom. The number of carbonyl (C=O) groups is 3. The van der Waals surface area contributed by atoms with Gasteiger partial charge in [-0.2, -0.15) is 0 Å². The molecule has 0 aromatic carbocycles. The lowest BCUT2D eigenvalue weighted by Gasteiger charge is -2.18. The van der Waals surface area contributed by atoms with Crippen molar-refractivity contribution in [3.05, 3.63) is 182 Å². The van der Waals surface area contributed by atoms with Crippen LogP contribution in [-0.4, -0.2) is 37.2 Å². The first kappa shape index (κ1) is 71.5. The summed E-state index contributed by atoms with van der Waals surface area (Å²) in [7, 11) is 0. The topological polar surface area (TPSA) is 78.9 Å². The molecule has 0 amide bonds. The number of hydrogen-bond acceptors (Lipinski definition) is 6. The lowest BCUT2D eigenvalue weighted by molar-refractivity contribution is -0.166. The van der Waals surface area contributed by atoms with Crippen molar-refractivity contribution < 1.29 is 28.6 Å². The van der Waals surface area contributed by atoms with E-state index in [0.29, 0.717) is 19.3 Å². The van der Waals surface area contributed by atoms with Crippen LogP contribution < -0.4 is 0 Å². The molecule has 0 saturated carbocycles. The summed E-state index contributed by atoms with van der Waals surface area (Å²) >= 11 is 0. The van der Waals surface area contributed by atoms with Crippen molar-refractivity contribution in [1.82, 2.24) is 0 Å². The first-order valence-electron chi connectivity index (χ1n) is 30.3. The molecule has 0 aliphatic rings. The zero-order valence-electron chi connectivity index (χ0n) is 48.9. The third-order valence-corrected chi connectivity index (χ3v) is 11.9. The van der Waals surface area contributed by atoms with Gasteiger partial charge in [0.05, 0.1) is 0 Å². The fourth-order valence-electron chi connectivity index (χ4n) is 7.46. The molecule has 0 aliphatic heterocycles. The maximum Gasteiger partial charge on any atom is 0.306 e. The normalized spacial score (nSPS) is 13.4. The quantitative estimate of drug-likeness (QED) is 0.0261. The molecule has 1 atom stereocenters. The van der Waals surface area contributed by atoms with E-state index in [9.17, 15) is 14.4 Å². The summed E-state index contributed by atoms with van der Waals surface area (Å²) in [4.78, 5) is 37.9. The SMILES string of the molecule is CC/C=C\C/C=C\C/C=C\C/C=C\C/C=C\C/C=C\C/C=C\C/C=C\C/C=C\CCCCCCCC(=O)OCC(COC(=O)CCCCCCCCC)OC(=O)CC/C=C\C/C=C\C/C=C\C/C=C\C/C=C\C/C=C\CC. The molecule has 0 spiro atoms. The summed E-state index contributed by atoms with van der Waals surface area (Å²) in [6.45, 7) is 6.26. The highest BCUT2D eigenvalue weighted by Gasteiger charge is 2.19. The van der Waals surface area contributed by atoms with E-state index in [1.165, 1.54) is 25.7 Å². The maximum atomic E-state index is 12.8. The molecule has 0 fully saturated rings. The zero-order valence-corrected chi connectivity index (χ0v) is 48.9. The van der Waals surface area contributed by atoms with E-state index in [1.54, 1.807) is 0 Å². The minimum Gasteiger partial charge on any atom is -0.462 e. The number of hydrogen-bond donors (Lipinski definition) is 0. The third-order valence-electron chi connectivity index (χ3n) is 11.9. The van der Waals surface area contributed by atoms with Crippen LogP contribution in [0.2, 0.25) is 0 Å². The van der Waals surface area contributed by atoms with Gasteiger partial charge in [-0.1, -0.05) is 261 Å². The highest BCUT2D eigenvalue weighted by molar-refractivity contribution is 5.71. The monoisotopic (exact) mass is 1060 g/mol. The average molecular weight is 1060 g/mol. The molecule has 77 heavy (non-hydrogen) atoms. The van der Waals surface area contributed by atoms with Gasteiger partial charge in [-0.3, -0.25) is 14.4 Å². The molecule has 0 aromatic rings. The second-order valence-electron chi connectivity index (χ2n) is 19.1. The molecule has 0 bridgehead atoms. The summed E-state index contributed by atoms with van der Waals surface area (Å²) in [5.41, 5.74) is 0. The summed E-state index contributed by atoms with van der Waals surface area (Å²) in [6, 6.07) is 0. The van der Waals surface area contributed by atoms with Crippen LogP contribution in [0, 0.1) is 0 Å². The molecule has 0 radical (unpaired) electrons. The molecular weight excluding hydrogens is 949 g/mol. The smallest absolute Gasteiger partial charge is 0.306 e. The Morgan fingerprint density at radius 1 is 0.273 bits per heavy atom. The van der Waals surface area contributed by atoms with Gasteiger partial charge in [0.2, 0.25) is 0 Å². The van der Waals surface area contributed by atoms with Gasteiger partial charge in [0, 0.05) is 19.3 Å². The lowest BCUT2D eigenvalue weighted by atomic mass is 10.1. The van der Waals surface area contributed by atoms with E-state index in [-0.39, 0.29) is 31.6 Å². The van der Waals surface area contributed by atoms with Gasteiger partial charge in [0.15, 0.2) is 6.10 Å². The van der Waals surface area contributed by atoms with Crippen molar-refractivity contribution in [2.45, 2.75) is 232 Å². The Bertz CT molecular complexity index is 1840. The standard InChI is InChI=1S/C71H108O6/c1-4-7-10-13-16-18-20-22-24-26-28-29-30-31-32-33-34-35-36-37-38-39-40-41-43-44-46-48-50-52-55-58-61-64-70(73)76-67-68(66-75-69(72)63-60-57-54-15-12-9-6-3)77-71(74)65-62-59-56-53-51-49-47-45-42-27-25-23-21-19-17-14-11-8-5-2/h7-8,10-11,16-19,22-25,28-29,31-32,34-35,37-38,40-42,44-46,49,51,56,59,68H,4-6,9,12-15,20-21,26-27,30,33,36,39,43,47-48,50,52-55,57-58,60-67H2,1-3H3/b10-7-,11-8-,18-16-,19-17-,24-22-,25-23-,29-28-,32-31-,35-34-,38-37-,41-40-,45-42-,46-44-,51-49-,59-56-. The average Bonchev–Trinajstić information content (AvgIpc) is 3.43. The van der Waals surface area contributed by atoms with Crippen LogP contribution in [0.15, 0.2) is 182 Å². The highest BCUT2D eigenvalue weighted by atomic mass is 16.6. The number of esters is 3. The Hall–Kier alpha value is -5.49. The van der Waals surface area contributed by atoms with Crippen LogP contribution in [-0.2, 0) is 28.6 Å². The second-order valence-corrected chi connectivity index (χ2v) is 19.1. The van der Waals surface area contributed by atoms with E-state index in [1.807, 2.05) is 12.2 Å². The van der Waals surface area contributed by atoms with E-state index in [2.05, 4.69) is 191 Å². The van der Waals surface area contributed by atoms with E-state index < -0.39 is 12.1 Å². The minimum absolute atomic E-state index is 0.122. The first-order chi connectivity index (χ1) is 38.0. The number of unbranched alkanes of at least 4 members (excludes halogenated alkanes) is 11. The van der Waals surface area contributed by atoms with E-state index >= 15 is 0 Å². The number of ether oxygens (including phenoxy) is 3. The Balaban J connectivity index is 4.32. The van der Waals surface area contributed by atoms with Gasteiger partial charge in [-0.15, -0.1) is 0 Å². The minimum atomic E-state index is -0.834. The van der Waals surface area contributed by atoms with Gasteiger partial charge in [-0.05, 0) is 128 Å². The van der Waals surface area contributed by atoms with Crippen molar-refractivity contribution in [3.63, 3.8) is 0 Å². The van der Waals surface area contributed by atoms with Gasteiger partial charge < -0.3 is 14.2 Å². The number of carbonyl (C=O) groups excluding carboxylic acids is 3. The lowest BCUT2D eigenvalue weighted by Crippen LogP contribution is -2.30. The summed E-state index contributed by atoms with van der Waals surface area (Å²) < 4.78 is 16.7. The van der Waals surface area contributed by atoms with Crippen molar-refractivity contribution in [3.8, 4) is 0 Å². The van der Waals surface area contributed by atoms with E-state index in [0.717, 1.165) is 154 Å². The Kier molecular flexibility index (Phi) is 58.6. The highest BCUT2D eigenvalue weighted by Crippen LogP contribution is 2.12. The van der Waals surface area contributed by atoms with Crippen molar-refractivity contribution in [1.29, 1.82) is 0 Å². The van der Waals surface area contributed by atoms with Crippen molar-refractivity contribution in [2.75, 3.05) is 13.2 Å². The number of allylic oxidation sites excluding steroid dienone is 30. The van der Waals surface area contributed by atoms with Gasteiger partial charge in [0.25, 0.3) is 0 Å². The molecule has 0 aromatic heterocycles. The van der Waals surface area contributed by atoms with Crippen LogP contribution >= 0.6 is 0 Å². The fourth-order valence-corrected chi connectivity index (χ4v) is 7.46. The van der Waals surface area contributed by atoms with E-state index in [4.69, 9.17) is 14.2 Å². The largest absolute Gasteiger partial charge is 0.462 e. The Morgan fingerprint density at radius 3 is 0.844 bits per heavy atom. The molecule has 6 heteroatoms. The van der Waals surface area contributed by atoms with Gasteiger partial charge in [0.1, 0.15) is 13.2 Å². The second kappa shape index (κ2) is 63.0. The molecule has 0 N–H and O–H groups in total. The molecule has 0 saturated heterocycles. The third kappa shape index (κ3) is 61.2. The van der Waals surface area contributed by atoms with Crippen LogP contribution in [0.5, 0.6) is 0 Å². The van der Waals surface area contributed by atoms with Crippen molar-refractivity contribution >= 4 is 17.9 Å². The van der Waals surface area contributed by atoms with Crippen LogP contribution in [0.3, 0.4) is 0 Å². The molecule has 1 unspecified atom stereocenters. The van der Waals surface area contributed by atoms with Crippen LogP contribution in [0.25, 0.3) is 0 Å². The summed E-state index contributed by atoms with van der Waals surface area (Å²) in [5.74, 6) is -1.05. The molecule has 428 valence electrons. The van der Waals surface area contributed by atoms with Crippen LogP contribution in [0.4, 0.5) is 0 Å². The predicted octanol–water partition coefficient (Wildman–Crippen LogP) is 20.9. The molecule has 0 heterocycles. The summed E-state index contributed by atoms with van der Waals surface area (Å²) in [6.07, 6.45) is 95.0. The predicted molar refractivity (Wildman–Crippen MR) is 334 cm³/mol. The van der Waals surface area contributed by atoms with Crippen molar-refractivity contribution in [2.24, 2.45) is 0 Å². The number of rotatable bonds is 52. The molecule has 6 nitrogen and oxygen atoms in total.